The maximum absolute atomic E-state index is 13.3. The van der Waals surface area contributed by atoms with Crippen LogP contribution in [0.4, 0.5) is 0 Å². The number of hydrogen-bond acceptors (Lipinski definition) is 3. The molecular weight excluding hydrogens is 398 g/mol. The predicted octanol–water partition coefficient (Wildman–Crippen LogP) is 4.00. The molecule has 1 fully saturated rings. The molecule has 0 spiro atoms. The van der Waals surface area contributed by atoms with Crippen molar-refractivity contribution in [2.75, 3.05) is 32.7 Å². The Morgan fingerprint density at radius 3 is 2.28 bits per heavy atom. The minimum absolute atomic E-state index is 0.0279. The fraction of sp³-hybridized carbons (Fsp3) is 0.407. The van der Waals surface area contributed by atoms with Gasteiger partial charge in [-0.15, -0.1) is 0 Å². The maximum Gasteiger partial charge on any atom is 0.252 e. The molecule has 5 nitrogen and oxygen atoms in total. The number of rotatable bonds is 8. The van der Waals surface area contributed by atoms with Gasteiger partial charge in [-0.2, -0.15) is 0 Å². The molecule has 1 atom stereocenters. The Morgan fingerprint density at radius 2 is 1.62 bits per heavy atom. The summed E-state index contributed by atoms with van der Waals surface area (Å²) in [4.78, 5) is 30.4. The van der Waals surface area contributed by atoms with Gasteiger partial charge in [0, 0.05) is 38.3 Å². The number of nitrogens with zero attached hydrogens (tertiary/aromatic N) is 2. The van der Waals surface area contributed by atoms with Gasteiger partial charge in [0.2, 0.25) is 5.91 Å². The van der Waals surface area contributed by atoms with Crippen LogP contribution in [-0.2, 0) is 4.79 Å². The number of nitrogens with one attached hydrogen (secondary N) is 1. The summed E-state index contributed by atoms with van der Waals surface area (Å²) in [6.45, 7) is 10.0. The summed E-state index contributed by atoms with van der Waals surface area (Å²) in [5, 5.41) is 3.01. The molecule has 0 aromatic heterocycles. The average molecular weight is 434 g/mol. The first-order valence-corrected chi connectivity index (χ1v) is 11.5. The van der Waals surface area contributed by atoms with Gasteiger partial charge in [-0.05, 0) is 36.5 Å². The molecule has 0 aliphatic carbocycles. The Balaban J connectivity index is 1.55. The van der Waals surface area contributed by atoms with Gasteiger partial charge in [-0.1, -0.05) is 74.5 Å². The molecular formula is C27H35N3O2. The van der Waals surface area contributed by atoms with Crippen molar-refractivity contribution in [3.05, 3.63) is 77.4 Å². The third kappa shape index (κ3) is 6.79. The molecule has 32 heavy (non-hydrogen) atoms. The van der Waals surface area contributed by atoms with E-state index in [4.69, 9.17) is 0 Å². The van der Waals surface area contributed by atoms with Crippen molar-refractivity contribution in [3.63, 3.8) is 0 Å². The van der Waals surface area contributed by atoms with E-state index in [9.17, 15) is 9.59 Å². The first kappa shape index (κ1) is 23.7. The van der Waals surface area contributed by atoms with Crippen molar-refractivity contribution in [2.45, 2.75) is 33.2 Å². The molecule has 1 aliphatic rings. The highest BCUT2D eigenvalue weighted by Gasteiger charge is 2.29. The van der Waals surface area contributed by atoms with Gasteiger partial charge in [0.05, 0.1) is 0 Å². The molecule has 1 aliphatic heterocycles. The van der Waals surface area contributed by atoms with E-state index in [0.717, 1.165) is 25.2 Å². The lowest BCUT2D eigenvalue weighted by Crippen LogP contribution is -2.55. The lowest BCUT2D eigenvalue weighted by atomic mass is 10.0. The van der Waals surface area contributed by atoms with Gasteiger partial charge in [0.25, 0.3) is 5.91 Å². The normalized spacial score (nSPS) is 15.8. The summed E-state index contributed by atoms with van der Waals surface area (Å²) in [5.41, 5.74) is 2.74. The zero-order valence-electron chi connectivity index (χ0n) is 19.5. The Bertz CT molecular complexity index is 916. The fourth-order valence-corrected chi connectivity index (χ4v) is 4.03. The Labute approximate surface area is 192 Å². The minimum Gasteiger partial charge on any atom is -0.340 e. The van der Waals surface area contributed by atoms with E-state index in [1.54, 1.807) is 0 Å². The molecule has 1 saturated heterocycles. The van der Waals surface area contributed by atoms with Crippen LogP contribution in [0.1, 0.15) is 41.8 Å². The van der Waals surface area contributed by atoms with E-state index in [-0.39, 0.29) is 11.8 Å². The number of hydrogen-bond donors (Lipinski definition) is 1. The summed E-state index contributed by atoms with van der Waals surface area (Å²) in [7, 11) is 0. The molecule has 2 aromatic carbocycles. The van der Waals surface area contributed by atoms with Crippen molar-refractivity contribution < 1.29 is 9.59 Å². The number of benzene rings is 2. The Hall–Kier alpha value is -2.92. The lowest BCUT2D eigenvalue weighted by molar-refractivity contribution is -0.135. The zero-order chi connectivity index (χ0) is 22.9. The van der Waals surface area contributed by atoms with Crippen molar-refractivity contribution in [1.82, 2.24) is 15.1 Å². The van der Waals surface area contributed by atoms with Gasteiger partial charge in [0.15, 0.2) is 0 Å². The highest BCUT2D eigenvalue weighted by atomic mass is 16.2. The van der Waals surface area contributed by atoms with Crippen LogP contribution in [0.5, 0.6) is 0 Å². The molecule has 5 heteroatoms. The average Bonchev–Trinajstić information content (AvgIpc) is 2.79. The van der Waals surface area contributed by atoms with E-state index in [2.05, 4.69) is 48.3 Å². The van der Waals surface area contributed by atoms with E-state index >= 15 is 0 Å². The van der Waals surface area contributed by atoms with Crippen LogP contribution < -0.4 is 5.32 Å². The number of piperazine rings is 1. The van der Waals surface area contributed by atoms with Gasteiger partial charge < -0.3 is 10.2 Å². The molecule has 2 aromatic rings. The SMILES string of the molecule is Cc1ccccc1C(=O)NC(CC(C)C)C(=O)N1CCN(C/C=C/c2ccccc2)CC1. The van der Waals surface area contributed by atoms with Gasteiger partial charge in [0.1, 0.15) is 6.04 Å². The number of aryl methyl sites for hydroxylation is 1. The highest BCUT2D eigenvalue weighted by molar-refractivity contribution is 5.98. The van der Waals surface area contributed by atoms with Crippen LogP contribution in [0.15, 0.2) is 60.7 Å². The zero-order valence-corrected chi connectivity index (χ0v) is 19.5. The van der Waals surface area contributed by atoms with Crippen LogP contribution in [-0.4, -0.2) is 60.4 Å². The minimum atomic E-state index is -0.494. The molecule has 170 valence electrons. The quantitative estimate of drug-likeness (QED) is 0.685. The van der Waals surface area contributed by atoms with E-state index in [1.807, 2.05) is 54.3 Å². The van der Waals surface area contributed by atoms with Crippen LogP contribution in [0.2, 0.25) is 0 Å². The van der Waals surface area contributed by atoms with Crippen molar-refractivity contribution in [1.29, 1.82) is 0 Å². The van der Waals surface area contributed by atoms with Crippen molar-refractivity contribution >= 4 is 17.9 Å². The van der Waals surface area contributed by atoms with Crippen molar-refractivity contribution in [3.8, 4) is 0 Å². The van der Waals surface area contributed by atoms with Crippen LogP contribution in [0, 0.1) is 12.8 Å². The number of carbonyl (C=O) groups is 2. The molecule has 0 bridgehead atoms. The molecule has 1 N–H and O–H groups in total. The smallest absolute Gasteiger partial charge is 0.252 e. The summed E-state index contributed by atoms with van der Waals surface area (Å²) in [5.74, 6) is 0.164. The van der Waals surface area contributed by atoms with E-state index < -0.39 is 6.04 Å². The monoisotopic (exact) mass is 433 g/mol. The van der Waals surface area contributed by atoms with E-state index in [1.165, 1.54) is 5.56 Å². The van der Waals surface area contributed by atoms with Crippen LogP contribution in [0.25, 0.3) is 6.08 Å². The largest absolute Gasteiger partial charge is 0.340 e. The third-order valence-electron chi connectivity index (χ3n) is 5.86. The number of carbonyl (C=O) groups excluding carboxylic acids is 2. The van der Waals surface area contributed by atoms with Crippen LogP contribution >= 0.6 is 0 Å². The molecule has 1 heterocycles. The molecule has 1 unspecified atom stereocenters. The highest BCUT2D eigenvalue weighted by Crippen LogP contribution is 2.13. The second-order valence-electron chi connectivity index (χ2n) is 8.91. The maximum atomic E-state index is 13.3. The Morgan fingerprint density at radius 1 is 0.969 bits per heavy atom. The predicted molar refractivity (Wildman–Crippen MR) is 130 cm³/mol. The first-order chi connectivity index (χ1) is 15.4. The summed E-state index contributed by atoms with van der Waals surface area (Å²) >= 11 is 0. The van der Waals surface area contributed by atoms with Gasteiger partial charge >= 0.3 is 0 Å². The van der Waals surface area contributed by atoms with Gasteiger partial charge in [-0.25, -0.2) is 0 Å². The van der Waals surface area contributed by atoms with E-state index in [0.29, 0.717) is 31.0 Å². The third-order valence-corrected chi connectivity index (χ3v) is 5.86. The second-order valence-corrected chi connectivity index (χ2v) is 8.91. The molecule has 3 rings (SSSR count). The molecule has 0 radical (unpaired) electrons. The second kappa shape index (κ2) is 11.6. The number of amides is 2. The molecule has 2 amide bonds. The van der Waals surface area contributed by atoms with Crippen LogP contribution in [0.3, 0.4) is 0 Å². The summed E-state index contributed by atoms with van der Waals surface area (Å²) in [6.07, 6.45) is 4.95. The topological polar surface area (TPSA) is 52.7 Å². The lowest BCUT2D eigenvalue weighted by Gasteiger charge is -2.36. The molecule has 0 saturated carbocycles. The standard InChI is InChI=1S/C27H35N3O2/c1-21(2)20-25(28-26(31)24-14-8-7-10-22(24)3)27(32)30-18-16-29(17-19-30)15-9-13-23-11-5-4-6-12-23/h4-14,21,25H,15-20H2,1-3H3,(H,28,31)/b13-9+. The first-order valence-electron chi connectivity index (χ1n) is 11.5. The summed E-state index contributed by atoms with van der Waals surface area (Å²) in [6, 6.07) is 17.3. The Kier molecular flexibility index (Phi) is 8.63. The van der Waals surface area contributed by atoms with Gasteiger partial charge in [-0.3, -0.25) is 14.5 Å². The fourth-order valence-electron chi connectivity index (χ4n) is 4.03. The summed E-state index contributed by atoms with van der Waals surface area (Å²) < 4.78 is 0. The van der Waals surface area contributed by atoms with Crippen molar-refractivity contribution in [2.24, 2.45) is 5.92 Å².